The average Bonchev–Trinajstić information content (AvgIpc) is 2.72. The van der Waals surface area contributed by atoms with E-state index in [0.717, 1.165) is 10.9 Å². The highest BCUT2D eigenvalue weighted by molar-refractivity contribution is 5.96. The van der Waals surface area contributed by atoms with Crippen LogP contribution >= 0.6 is 0 Å². The number of rotatable bonds is 7. The van der Waals surface area contributed by atoms with Crippen LogP contribution in [-0.4, -0.2) is 50.0 Å². The summed E-state index contributed by atoms with van der Waals surface area (Å²) in [7, 11) is 6.55. The third-order valence-corrected chi connectivity index (χ3v) is 4.40. The molecule has 7 nitrogen and oxygen atoms in total. The summed E-state index contributed by atoms with van der Waals surface area (Å²) in [6, 6.07) is 11.3. The van der Waals surface area contributed by atoms with Gasteiger partial charge < -0.3 is 24.2 Å². The van der Waals surface area contributed by atoms with E-state index in [1.165, 1.54) is 6.33 Å². The maximum atomic E-state index is 10.6. The summed E-state index contributed by atoms with van der Waals surface area (Å²) in [4.78, 5) is 10.6. The second-order valence-electron chi connectivity index (χ2n) is 6.05. The molecule has 0 fully saturated rings. The molecule has 3 rings (SSSR count). The van der Waals surface area contributed by atoms with Crippen LogP contribution in [0.1, 0.15) is 11.7 Å². The number of methoxy groups -OCH3 is 3. The van der Waals surface area contributed by atoms with Gasteiger partial charge in [-0.15, -0.1) is 0 Å². The van der Waals surface area contributed by atoms with Crippen molar-refractivity contribution < 1.29 is 19.3 Å². The van der Waals surface area contributed by atoms with E-state index in [0.29, 0.717) is 35.1 Å². The Balaban J connectivity index is 2.04. The summed E-state index contributed by atoms with van der Waals surface area (Å²) in [6.45, 7) is 0.368. The zero-order chi connectivity index (χ0) is 19.4. The van der Waals surface area contributed by atoms with E-state index in [9.17, 15) is 5.11 Å². The second-order valence-corrected chi connectivity index (χ2v) is 6.05. The van der Waals surface area contributed by atoms with Crippen LogP contribution in [0.15, 0.2) is 42.7 Å². The van der Waals surface area contributed by atoms with Gasteiger partial charge in [-0.1, -0.05) is 30.3 Å². The van der Waals surface area contributed by atoms with Gasteiger partial charge in [0, 0.05) is 13.6 Å². The summed E-state index contributed by atoms with van der Waals surface area (Å²) in [5.41, 5.74) is 1.46. The summed E-state index contributed by atoms with van der Waals surface area (Å²) < 4.78 is 16.4. The number of benzene rings is 2. The standard InChI is InChI=1S/C20H23N3O4/c1-23(11-15(24)13-8-6-5-7-9-13)20-14-10-16(25-2)18(26-3)19(27-4)17(14)21-12-22-20/h5-10,12,15,24H,11H2,1-4H3. The summed E-state index contributed by atoms with van der Waals surface area (Å²) in [6.07, 6.45) is 0.820. The highest BCUT2D eigenvalue weighted by Crippen LogP contribution is 2.44. The number of aromatic nitrogens is 2. The van der Waals surface area contributed by atoms with Gasteiger partial charge in [0.15, 0.2) is 11.5 Å². The minimum Gasteiger partial charge on any atom is -0.493 e. The maximum Gasteiger partial charge on any atom is 0.205 e. The van der Waals surface area contributed by atoms with Crippen LogP contribution in [0.4, 0.5) is 5.82 Å². The van der Waals surface area contributed by atoms with Crippen molar-refractivity contribution in [2.24, 2.45) is 0 Å². The molecule has 1 N–H and O–H groups in total. The largest absolute Gasteiger partial charge is 0.493 e. The van der Waals surface area contributed by atoms with Gasteiger partial charge in [0.25, 0.3) is 0 Å². The van der Waals surface area contributed by atoms with Crippen molar-refractivity contribution in [3.8, 4) is 17.2 Å². The van der Waals surface area contributed by atoms with Crippen molar-refractivity contribution in [2.75, 3.05) is 39.8 Å². The lowest BCUT2D eigenvalue weighted by molar-refractivity contribution is 0.185. The van der Waals surface area contributed by atoms with Crippen molar-refractivity contribution >= 4 is 16.7 Å². The first kappa shape index (κ1) is 18.7. The Morgan fingerprint density at radius 1 is 1.00 bits per heavy atom. The number of hydrogen-bond donors (Lipinski definition) is 1. The summed E-state index contributed by atoms with van der Waals surface area (Å²) in [5, 5.41) is 11.3. The average molecular weight is 369 g/mol. The molecule has 0 bridgehead atoms. The van der Waals surface area contributed by atoms with Crippen molar-refractivity contribution in [1.82, 2.24) is 9.97 Å². The van der Waals surface area contributed by atoms with E-state index in [1.54, 1.807) is 21.3 Å². The highest BCUT2D eigenvalue weighted by Gasteiger charge is 2.21. The zero-order valence-electron chi connectivity index (χ0n) is 15.8. The van der Waals surface area contributed by atoms with Crippen LogP contribution in [0.2, 0.25) is 0 Å². The zero-order valence-corrected chi connectivity index (χ0v) is 15.8. The number of likely N-dealkylation sites (N-methyl/N-ethyl adjacent to an activating group) is 1. The Hall–Kier alpha value is -3.06. The molecule has 3 aromatic rings. The molecule has 0 saturated carbocycles. The Morgan fingerprint density at radius 3 is 2.33 bits per heavy atom. The topological polar surface area (TPSA) is 76.9 Å². The van der Waals surface area contributed by atoms with Crippen LogP contribution < -0.4 is 19.1 Å². The molecule has 2 aromatic carbocycles. The molecule has 0 amide bonds. The first-order valence-corrected chi connectivity index (χ1v) is 8.48. The molecule has 0 radical (unpaired) electrons. The van der Waals surface area contributed by atoms with Crippen molar-refractivity contribution in [3.05, 3.63) is 48.3 Å². The summed E-state index contributed by atoms with van der Waals surface area (Å²) >= 11 is 0. The predicted octanol–water partition coefficient (Wildman–Crippen LogP) is 2.83. The SMILES string of the molecule is COc1cc2c(N(C)CC(O)c3ccccc3)ncnc2c(OC)c1OC. The molecule has 0 aliphatic heterocycles. The van der Waals surface area contributed by atoms with E-state index in [4.69, 9.17) is 14.2 Å². The number of ether oxygens (including phenoxy) is 3. The van der Waals surface area contributed by atoms with Crippen LogP contribution in [0.5, 0.6) is 17.2 Å². The number of aliphatic hydroxyl groups excluding tert-OH is 1. The van der Waals surface area contributed by atoms with Crippen molar-refractivity contribution in [3.63, 3.8) is 0 Å². The van der Waals surface area contributed by atoms with Gasteiger partial charge >= 0.3 is 0 Å². The third kappa shape index (κ3) is 3.59. The van der Waals surface area contributed by atoms with E-state index in [1.807, 2.05) is 48.3 Å². The monoisotopic (exact) mass is 369 g/mol. The van der Waals surface area contributed by atoms with Crippen molar-refractivity contribution in [1.29, 1.82) is 0 Å². The minimum atomic E-state index is -0.650. The van der Waals surface area contributed by atoms with E-state index in [-0.39, 0.29) is 0 Å². The molecular weight excluding hydrogens is 346 g/mol. The molecular formula is C20H23N3O4. The van der Waals surface area contributed by atoms with E-state index in [2.05, 4.69) is 9.97 Å². The molecule has 1 atom stereocenters. The van der Waals surface area contributed by atoms with Gasteiger partial charge in [0.1, 0.15) is 17.7 Å². The number of fused-ring (bicyclic) bond motifs is 1. The van der Waals surface area contributed by atoms with Crippen LogP contribution in [-0.2, 0) is 0 Å². The Kier molecular flexibility index (Phi) is 5.61. The fourth-order valence-electron chi connectivity index (χ4n) is 3.08. The molecule has 1 aromatic heterocycles. The first-order chi connectivity index (χ1) is 13.1. The minimum absolute atomic E-state index is 0.368. The van der Waals surface area contributed by atoms with Crippen LogP contribution in [0, 0.1) is 0 Å². The predicted molar refractivity (Wildman–Crippen MR) is 104 cm³/mol. The van der Waals surface area contributed by atoms with Gasteiger partial charge in [-0.2, -0.15) is 0 Å². The van der Waals surface area contributed by atoms with Gasteiger partial charge in [-0.25, -0.2) is 9.97 Å². The molecule has 0 aliphatic carbocycles. The normalized spacial score (nSPS) is 11.9. The Labute approximate surface area is 158 Å². The number of anilines is 1. The Morgan fingerprint density at radius 2 is 1.70 bits per heavy atom. The van der Waals surface area contributed by atoms with Gasteiger partial charge in [0.2, 0.25) is 5.75 Å². The third-order valence-electron chi connectivity index (χ3n) is 4.40. The quantitative estimate of drug-likeness (QED) is 0.686. The smallest absolute Gasteiger partial charge is 0.205 e. The maximum absolute atomic E-state index is 10.6. The second kappa shape index (κ2) is 8.09. The fourth-order valence-corrected chi connectivity index (χ4v) is 3.08. The molecule has 0 saturated heterocycles. The lowest BCUT2D eigenvalue weighted by Crippen LogP contribution is -2.25. The molecule has 1 unspecified atom stereocenters. The lowest BCUT2D eigenvalue weighted by atomic mass is 10.1. The molecule has 1 heterocycles. The fraction of sp³-hybridized carbons (Fsp3) is 0.300. The molecule has 7 heteroatoms. The van der Waals surface area contributed by atoms with Gasteiger partial charge in [0.05, 0.1) is 32.8 Å². The first-order valence-electron chi connectivity index (χ1n) is 8.48. The van der Waals surface area contributed by atoms with Crippen molar-refractivity contribution in [2.45, 2.75) is 6.10 Å². The van der Waals surface area contributed by atoms with Crippen LogP contribution in [0.25, 0.3) is 10.9 Å². The number of aliphatic hydroxyl groups is 1. The van der Waals surface area contributed by atoms with E-state index >= 15 is 0 Å². The number of nitrogens with zero attached hydrogens (tertiary/aromatic N) is 3. The van der Waals surface area contributed by atoms with Crippen LogP contribution in [0.3, 0.4) is 0 Å². The van der Waals surface area contributed by atoms with E-state index < -0.39 is 6.10 Å². The summed E-state index contributed by atoms with van der Waals surface area (Å²) in [5.74, 6) is 2.14. The van der Waals surface area contributed by atoms with Gasteiger partial charge in [-0.05, 0) is 11.6 Å². The van der Waals surface area contributed by atoms with Gasteiger partial charge in [-0.3, -0.25) is 0 Å². The molecule has 0 aliphatic rings. The number of hydrogen-bond acceptors (Lipinski definition) is 7. The molecule has 27 heavy (non-hydrogen) atoms. The highest BCUT2D eigenvalue weighted by atomic mass is 16.5. The molecule has 0 spiro atoms. The molecule has 142 valence electrons. The lowest BCUT2D eigenvalue weighted by Gasteiger charge is -2.24. The Bertz CT molecular complexity index is 918.